The van der Waals surface area contributed by atoms with E-state index in [1.807, 2.05) is 13.8 Å². The van der Waals surface area contributed by atoms with Crippen molar-refractivity contribution < 1.29 is 28.2 Å². The Kier molecular flexibility index (Phi) is 7.28. The van der Waals surface area contributed by atoms with Crippen LogP contribution in [-0.2, 0) is 9.59 Å². The normalized spacial score (nSPS) is 18.5. The van der Waals surface area contributed by atoms with Crippen molar-refractivity contribution in [3.63, 3.8) is 0 Å². The fourth-order valence-electron chi connectivity index (χ4n) is 2.06. The number of amides is 1. The number of carbonyl (C=O) groups excluding carboxylic acids is 1. The van der Waals surface area contributed by atoms with Gasteiger partial charge >= 0.3 is 5.97 Å². The molecule has 0 bridgehead atoms. The Balaban J connectivity index is 2.05. The molecule has 1 aliphatic rings. The fourth-order valence-corrected chi connectivity index (χ4v) is 2.98. The largest absolute Gasteiger partial charge is 0.490 e. The minimum atomic E-state index is -1.10. The molecule has 1 aromatic carbocycles. The van der Waals surface area contributed by atoms with Crippen molar-refractivity contribution >= 4 is 35.0 Å². The number of thioether (sulfide) groups is 1. The van der Waals surface area contributed by atoms with Gasteiger partial charge in [0, 0.05) is 5.56 Å². The van der Waals surface area contributed by atoms with E-state index >= 15 is 0 Å². The topological polar surface area (TPSA) is 100 Å². The number of nitrogens with one attached hydrogen (secondary N) is 1. The summed E-state index contributed by atoms with van der Waals surface area (Å²) in [6.07, 6.45) is 1.54. The maximum absolute atomic E-state index is 13.8. The van der Waals surface area contributed by atoms with Crippen LogP contribution in [0.4, 0.5) is 8.78 Å². The predicted octanol–water partition coefficient (Wildman–Crippen LogP) is 2.79. The SMILES string of the molecule is CC(C)CCOc1cc(C=NN=C2NC(=O)C(CC(=O)O)S2)cc(F)c1F. The minimum absolute atomic E-state index is 0.137. The quantitative estimate of drug-likeness (QED) is 0.517. The van der Waals surface area contributed by atoms with E-state index in [0.717, 1.165) is 17.8 Å². The summed E-state index contributed by atoms with van der Waals surface area (Å²) < 4.78 is 32.8. The van der Waals surface area contributed by atoms with Gasteiger partial charge in [-0.15, -0.1) is 5.10 Å². The second kappa shape index (κ2) is 9.45. The average Bonchev–Trinajstić information content (AvgIpc) is 2.90. The van der Waals surface area contributed by atoms with E-state index in [-0.39, 0.29) is 29.5 Å². The number of ether oxygens (including phenoxy) is 1. The summed E-state index contributed by atoms with van der Waals surface area (Å²) in [7, 11) is 0. The summed E-state index contributed by atoms with van der Waals surface area (Å²) in [5, 5.41) is 18.0. The summed E-state index contributed by atoms with van der Waals surface area (Å²) in [5.74, 6) is -3.56. The van der Waals surface area contributed by atoms with Crippen molar-refractivity contribution in [2.24, 2.45) is 16.1 Å². The van der Waals surface area contributed by atoms with Crippen molar-refractivity contribution in [3.05, 3.63) is 29.3 Å². The molecule has 1 atom stereocenters. The molecule has 27 heavy (non-hydrogen) atoms. The molecule has 2 rings (SSSR count). The van der Waals surface area contributed by atoms with Gasteiger partial charge in [-0.2, -0.15) is 9.49 Å². The monoisotopic (exact) mass is 399 g/mol. The first-order chi connectivity index (χ1) is 12.8. The van der Waals surface area contributed by atoms with Crippen LogP contribution in [0.25, 0.3) is 0 Å². The first kappa shape index (κ1) is 20.8. The summed E-state index contributed by atoms with van der Waals surface area (Å²) in [6.45, 7) is 4.23. The Morgan fingerprint density at radius 2 is 2.19 bits per heavy atom. The van der Waals surface area contributed by atoms with Crippen LogP contribution in [0.5, 0.6) is 5.75 Å². The number of carbonyl (C=O) groups is 2. The van der Waals surface area contributed by atoms with Gasteiger partial charge in [-0.3, -0.25) is 9.59 Å². The van der Waals surface area contributed by atoms with Gasteiger partial charge < -0.3 is 15.2 Å². The number of amidine groups is 1. The molecule has 146 valence electrons. The standard InChI is InChI=1S/C17H19F2N3O4S/c1-9(2)3-4-26-12-6-10(5-11(18)15(12)19)8-20-22-17-21-16(25)13(27-17)7-14(23)24/h5-6,8-9,13H,3-4,7H2,1-2H3,(H,23,24)(H,21,22,25). The van der Waals surface area contributed by atoms with Crippen LogP contribution in [0.1, 0.15) is 32.3 Å². The molecular formula is C17H19F2N3O4S. The second-order valence-corrected chi connectivity index (χ2v) is 7.38. The molecule has 1 fully saturated rings. The molecule has 7 nitrogen and oxygen atoms in total. The van der Waals surface area contributed by atoms with Crippen LogP contribution < -0.4 is 10.1 Å². The molecule has 0 aliphatic carbocycles. The summed E-state index contributed by atoms with van der Waals surface area (Å²) in [4.78, 5) is 22.3. The fraction of sp³-hybridized carbons (Fsp3) is 0.412. The van der Waals surface area contributed by atoms with E-state index in [1.165, 1.54) is 12.3 Å². The molecule has 1 heterocycles. The number of halogens is 2. The number of benzene rings is 1. The van der Waals surface area contributed by atoms with Gasteiger partial charge in [0.05, 0.1) is 19.2 Å². The van der Waals surface area contributed by atoms with E-state index in [9.17, 15) is 18.4 Å². The van der Waals surface area contributed by atoms with Crippen LogP contribution in [0.2, 0.25) is 0 Å². The smallest absolute Gasteiger partial charge is 0.305 e. The third-order valence-corrected chi connectivity index (χ3v) is 4.53. The predicted molar refractivity (Wildman–Crippen MR) is 98.1 cm³/mol. The first-order valence-electron chi connectivity index (χ1n) is 8.18. The first-order valence-corrected chi connectivity index (χ1v) is 9.06. The lowest BCUT2D eigenvalue weighted by Gasteiger charge is -2.10. The van der Waals surface area contributed by atoms with Crippen LogP contribution in [-0.4, -0.2) is 40.2 Å². The third-order valence-electron chi connectivity index (χ3n) is 3.46. The lowest BCUT2D eigenvalue weighted by molar-refractivity contribution is -0.138. The summed E-state index contributed by atoms with van der Waals surface area (Å²) in [6, 6.07) is 2.25. The maximum atomic E-state index is 13.8. The lowest BCUT2D eigenvalue weighted by atomic mass is 10.1. The molecule has 1 aliphatic heterocycles. The van der Waals surface area contributed by atoms with E-state index < -0.39 is 28.8 Å². The van der Waals surface area contributed by atoms with Crippen molar-refractivity contribution in [2.45, 2.75) is 31.9 Å². The maximum Gasteiger partial charge on any atom is 0.305 e. The van der Waals surface area contributed by atoms with Gasteiger partial charge in [-0.25, -0.2) is 4.39 Å². The van der Waals surface area contributed by atoms with Crippen molar-refractivity contribution in [1.82, 2.24) is 5.32 Å². The molecule has 0 aromatic heterocycles. The number of aliphatic carboxylic acids is 1. The minimum Gasteiger partial charge on any atom is -0.490 e. The molecule has 0 spiro atoms. The van der Waals surface area contributed by atoms with Crippen LogP contribution in [0, 0.1) is 17.6 Å². The highest BCUT2D eigenvalue weighted by atomic mass is 32.2. The molecule has 0 saturated carbocycles. The Morgan fingerprint density at radius 1 is 1.44 bits per heavy atom. The van der Waals surface area contributed by atoms with E-state index in [2.05, 4.69) is 15.5 Å². The molecule has 1 amide bonds. The molecular weight excluding hydrogens is 380 g/mol. The van der Waals surface area contributed by atoms with Gasteiger partial charge in [0.1, 0.15) is 5.25 Å². The van der Waals surface area contributed by atoms with E-state index in [0.29, 0.717) is 12.3 Å². The molecule has 2 N–H and O–H groups in total. The van der Waals surface area contributed by atoms with Gasteiger partial charge in [0.2, 0.25) is 11.7 Å². The van der Waals surface area contributed by atoms with Crippen molar-refractivity contribution in [1.29, 1.82) is 0 Å². The number of rotatable bonds is 8. The third kappa shape index (κ3) is 6.31. The Bertz CT molecular complexity index is 784. The Morgan fingerprint density at radius 3 is 2.85 bits per heavy atom. The Hall–Kier alpha value is -2.49. The number of hydrogen-bond donors (Lipinski definition) is 2. The second-order valence-electron chi connectivity index (χ2n) is 6.19. The Labute approximate surface area is 158 Å². The molecule has 0 radical (unpaired) electrons. The van der Waals surface area contributed by atoms with Crippen molar-refractivity contribution in [2.75, 3.05) is 6.61 Å². The summed E-state index contributed by atoms with van der Waals surface area (Å²) in [5.41, 5.74) is 0.231. The zero-order valence-electron chi connectivity index (χ0n) is 14.7. The molecule has 1 unspecified atom stereocenters. The van der Waals surface area contributed by atoms with Crippen LogP contribution >= 0.6 is 11.8 Å². The zero-order valence-corrected chi connectivity index (χ0v) is 15.6. The zero-order chi connectivity index (χ0) is 20.0. The van der Waals surface area contributed by atoms with Gasteiger partial charge in [0.25, 0.3) is 0 Å². The number of carboxylic acid groups (broad SMARTS) is 1. The summed E-state index contributed by atoms with van der Waals surface area (Å²) >= 11 is 0.941. The molecule has 10 heteroatoms. The molecule has 1 aromatic rings. The van der Waals surface area contributed by atoms with E-state index in [1.54, 1.807) is 0 Å². The highest BCUT2D eigenvalue weighted by Gasteiger charge is 2.32. The molecule has 1 saturated heterocycles. The average molecular weight is 399 g/mol. The highest BCUT2D eigenvalue weighted by molar-refractivity contribution is 8.15. The lowest BCUT2D eigenvalue weighted by Crippen LogP contribution is -2.26. The van der Waals surface area contributed by atoms with Gasteiger partial charge in [-0.05, 0) is 24.5 Å². The van der Waals surface area contributed by atoms with Gasteiger partial charge in [-0.1, -0.05) is 25.6 Å². The van der Waals surface area contributed by atoms with E-state index in [4.69, 9.17) is 9.84 Å². The van der Waals surface area contributed by atoms with Crippen molar-refractivity contribution in [3.8, 4) is 5.75 Å². The van der Waals surface area contributed by atoms with Gasteiger partial charge in [0.15, 0.2) is 16.7 Å². The number of hydrogen-bond acceptors (Lipinski definition) is 6. The number of carboxylic acids is 1. The number of nitrogens with zero attached hydrogens (tertiary/aromatic N) is 2. The van der Waals surface area contributed by atoms with Crippen LogP contribution in [0.15, 0.2) is 22.3 Å². The van der Waals surface area contributed by atoms with Crippen LogP contribution in [0.3, 0.4) is 0 Å². The highest BCUT2D eigenvalue weighted by Crippen LogP contribution is 2.23.